The molecule has 0 aliphatic carbocycles. The van der Waals surface area contributed by atoms with Crippen molar-refractivity contribution in [3.8, 4) is 0 Å². The lowest BCUT2D eigenvalue weighted by Gasteiger charge is -2.19. The van der Waals surface area contributed by atoms with Crippen molar-refractivity contribution in [2.45, 2.75) is 20.8 Å². The quantitative estimate of drug-likeness (QED) is 0.632. The maximum atomic E-state index is 11.4. The Morgan fingerprint density at radius 1 is 1.33 bits per heavy atom. The first kappa shape index (κ1) is 10.2. The molecule has 5 heteroatoms. The van der Waals surface area contributed by atoms with Crippen LogP contribution in [0.2, 0.25) is 0 Å². The molecule has 1 saturated heterocycles. The molecule has 1 aliphatic rings. The highest BCUT2D eigenvalue weighted by atomic mass is 31.2. The molecule has 72 valence electrons. The van der Waals surface area contributed by atoms with Gasteiger partial charge in [0.2, 0.25) is 0 Å². The SMILES string of the molecule is CC(C)(C)COP1(=O)OCCO1. The van der Waals surface area contributed by atoms with E-state index < -0.39 is 7.82 Å². The summed E-state index contributed by atoms with van der Waals surface area (Å²) in [5.41, 5.74) is -0.0211. The second kappa shape index (κ2) is 3.46. The third-order valence-corrected chi connectivity index (χ3v) is 2.68. The van der Waals surface area contributed by atoms with Gasteiger partial charge in [0.25, 0.3) is 0 Å². The van der Waals surface area contributed by atoms with Gasteiger partial charge in [-0.1, -0.05) is 20.8 Å². The average molecular weight is 194 g/mol. The molecule has 0 radical (unpaired) electrons. The fraction of sp³-hybridized carbons (Fsp3) is 1.00. The molecule has 0 unspecified atom stereocenters. The molecule has 0 aromatic rings. The van der Waals surface area contributed by atoms with E-state index in [1.165, 1.54) is 0 Å². The number of phosphoric acid groups is 1. The van der Waals surface area contributed by atoms with Crippen LogP contribution >= 0.6 is 7.82 Å². The Hall–Kier alpha value is 0.110. The number of hydrogen-bond acceptors (Lipinski definition) is 4. The van der Waals surface area contributed by atoms with Crippen molar-refractivity contribution in [1.82, 2.24) is 0 Å². The van der Waals surface area contributed by atoms with Crippen LogP contribution in [0.25, 0.3) is 0 Å². The molecule has 1 rings (SSSR count). The molecule has 1 fully saturated rings. The molecule has 0 aromatic heterocycles. The summed E-state index contributed by atoms with van der Waals surface area (Å²) in [6.07, 6.45) is 0. The molecular weight excluding hydrogens is 179 g/mol. The monoisotopic (exact) mass is 194 g/mol. The van der Waals surface area contributed by atoms with Gasteiger partial charge in [-0.25, -0.2) is 4.57 Å². The second-order valence-corrected chi connectivity index (χ2v) is 5.62. The molecule has 0 bridgehead atoms. The second-order valence-electron chi connectivity index (χ2n) is 3.95. The average Bonchev–Trinajstić information content (AvgIpc) is 2.32. The summed E-state index contributed by atoms with van der Waals surface area (Å²) in [5.74, 6) is 0. The van der Waals surface area contributed by atoms with E-state index in [4.69, 9.17) is 13.6 Å². The minimum absolute atomic E-state index is 0.0211. The van der Waals surface area contributed by atoms with Crippen LogP contribution in [-0.4, -0.2) is 19.8 Å². The lowest BCUT2D eigenvalue weighted by Crippen LogP contribution is -2.13. The van der Waals surface area contributed by atoms with Crippen LogP contribution in [-0.2, 0) is 18.1 Å². The lowest BCUT2D eigenvalue weighted by atomic mass is 9.99. The van der Waals surface area contributed by atoms with Crippen molar-refractivity contribution in [2.24, 2.45) is 5.41 Å². The molecule has 1 heterocycles. The summed E-state index contributed by atoms with van der Waals surface area (Å²) >= 11 is 0. The molecule has 0 saturated carbocycles. The van der Waals surface area contributed by atoms with Crippen LogP contribution in [0.1, 0.15) is 20.8 Å². The van der Waals surface area contributed by atoms with Gasteiger partial charge in [0.15, 0.2) is 0 Å². The fourth-order valence-corrected chi connectivity index (χ4v) is 2.05. The van der Waals surface area contributed by atoms with Crippen molar-refractivity contribution in [3.63, 3.8) is 0 Å². The first-order valence-corrected chi connectivity index (χ1v) is 5.41. The Kier molecular flexibility index (Phi) is 2.94. The van der Waals surface area contributed by atoms with Gasteiger partial charge in [-0.05, 0) is 5.41 Å². The molecule has 1 aliphatic heterocycles. The molecule has 0 amide bonds. The lowest BCUT2D eigenvalue weighted by molar-refractivity contribution is 0.136. The molecule has 0 N–H and O–H groups in total. The molecular formula is C7H15O4P. The number of phosphoric ester groups is 1. The van der Waals surface area contributed by atoms with Crippen LogP contribution in [0.5, 0.6) is 0 Å². The zero-order valence-electron chi connectivity index (χ0n) is 7.70. The molecule has 4 nitrogen and oxygen atoms in total. The molecule has 0 aromatic carbocycles. The van der Waals surface area contributed by atoms with Crippen molar-refractivity contribution in [2.75, 3.05) is 19.8 Å². The Morgan fingerprint density at radius 2 is 1.83 bits per heavy atom. The number of hydrogen-bond donors (Lipinski definition) is 0. The summed E-state index contributed by atoms with van der Waals surface area (Å²) in [4.78, 5) is 0. The van der Waals surface area contributed by atoms with E-state index in [1.807, 2.05) is 20.8 Å². The standard InChI is InChI=1S/C7H15O4P/c1-7(2,3)6-11-12(8)9-4-5-10-12/h4-6H2,1-3H3. The summed E-state index contributed by atoms with van der Waals surface area (Å²) < 4.78 is 26.2. The predicted molar refractivity (Wildman–Crippen MR) is 44.9 cm³/mol. The van der Waals surface area contributed by atoms with E-state index in [2.05, 4.69) is 0 Å². The van der Waals surface area contributed by atoms with Crippen LogP contribution in [0, 0.1) is 5.41 Å². The van der Waals surface area contributed by atoms with Crippen LogP contribution in [0.3, 0.4) is 0 Å². The maximum Gasteiger partial charge on any atom is 0.474 e. The smallest absolute Gasteiger partial charge is 0.286 e. The van der Waals surface area contributed by atoms with Gasteiger partial charge in [-0.2, -0.15) is 0 Å². The Bertz CT molecular complexity index is 186. The van der Waals surface area contributed by atoms with Gasteiger partial charge in [0.1, 0.15) is 0 Å². The van der Waals surface area contributed by atoms with Crippen molar-refractivity contribution >= 4 is 7.82 Å². The zero-order chi connectivity index (χ0) is 9.24. The van der Waals surface area contributed by atoms with Gasteiger partial charge >= 0.3 is 7.82 Å². The van der Waals surface area contributed by atoms with Crippen molar-refractivity contribution < 1.29 is 18.1 Å². The zero-order valence-corrected chi connectivity index (χ0v) is 8.60. The Labute approximate surface area is 72.8 Å². The summed E-state index contributed by atoms with van der Waals surface area (Å²) in [6.45, 7) is 7.09. The minimum Gasteiger partial charge on any atom is -0.286 e. The molecule has 12 heavy (non-hydrogen) atoms. The van der Waals surface area contributed by atoms with E-state index in [0.29, 0.717) is 19.8 Å². The highest BCUT2D eigenvalue weighted by Crippen LogP contribution is 2.53. The Balaban J connectivity index is 2.36. The number of rotatable bonds is 2. The third kappa shape index (κ3) is 3.23. The summed E-state index contributed by atoms with van der Waals surface area (Å²) in [5, 5.41) is 0. The highest BCUT2D eigenvalue weighted by molar-refractivity contribution is 7.48. The van der Waals surface area contributed by atoms with E-state index in [9.17, 15) is 4.57 Å². The summed E-state index contributed by atoms with van der Waals surface area (Å²) in [6, 6.07) is 0. The largest absolute Gasteiger partial charge is 0.474 e. The Morgan fingerprint density at radius 3 is 2.25 bits per heavy atom. The van der Waals surface area contributed by atoms with Gasteiger partial charge in [-0.15, -0.1) is 0 Å². The molecule has 0 spiro atoms. The predicted octanol–water partition coefficient (Wildman–Crippen LogP) is 2.20. The maximum absolute atomic E-state index is 11.4. The van der Waals surface area contributed by atoms with Crippen LogP contribution in [0.4, 0.5) is 0 Å². The first-order valence-electron chi connectivity index (χ1n) is 3.95. The normalized spacial score (nSPS) is 22.9. The van der Waals surface area contributed by atoms with E-state index in [-0.39, 0.29) is 5.41 Å². The fourth-order valence-electron chi connectivity index (χ4n) is 0.683. The van der Waals surface area contributed by atoms with Crippen LogP contribution < -0.4 is 0 Å². The molecule has 0 atom stereocenters. The third-order valence-electron chi connectivity index (χ3n) is 1.24. The van der Waals surface area contributed by atoms with E-state index in [1.54, 1.807) is 0 Å². The van der Waals surface area contributed by atoms with E-state index >= 15 is 0 Å². The minimum atomic E-state index is -3.17. The van der Waals surface area contributed by atoms with Gasteiger partial charge in [0, 0.05) is 0 Å². The van der Waals surface area contributed by atoms with Gasteiger partial charge in [0.05, 0.1) is 19.8 Å². The highest BCUT2D eigenvalue weighted by Gasteiger charge is 2.33. The van der Waals surface area contributed by atoms with Gasteiger partial charge in [-0.3, -0.25) is 13.6 Å². The van der Waals surface area contributed by atoms with Gasteiger partial charge < -0.3 is 0 Å². The summed E-state index contributed by atoms with van der Waals surface area (Å²) in [7, 11) is -3.17. The van der Waals surface area contributed by atoms with Crippen molar-refractivity contribution in [3.05, 3.63) is 0 Å². The topological polar surface area (TPSA) is 44.8 Å². The van der Waals surface area contributed by atoms with E-state index in [0.717, 1.165) is 0 Å². The first-order chi connectivity index (χ1) is 5.41. The van der Waals surface area contributed by atoms with Crippen LogP contribution in [0.15, 0.2) is 0 Å². The van der Waals surface area contributed by atoms with Crippen molar-refractivity contribution in [1.29, 1.82) is 0 Å².